The first kappa shape index (κ1) is 14.4. The molecule has 0 atom stereocenters. The first-order valence-corrected chi connectivity index (χ1v) is 6.24. The molecular formula is C15H9ClN4O. The summed E-state index contributed by atoms with van der Waals surface area (Å²) in [7, 11) is 0. The topological polar surface area (TPSA) is 103 Å². The summed E-state index contributed by atoms with van der Waals surface area (Å²) in [6.45, 7) is 0. The molecule has 3 N–H and O–H groups in total. The van der Waals surface area contributed by atoms with E-state index in [2.05, 4.69) is 5.32 Å². The molecule has 2 rings (SSSR count). The summed E-state index contributed by atoms with van der Waals surface area (Å²) in [5, 5.41) is 20.7. The zero-order chi connectivity index (χ0) is 15.4. The minimum atomic E-state index is -0.441. The van der Waals surface area contributed by atoms with Crippen molar-refractivity contribution in [2.75, 3.05) is 11.1 Å². The molecule has 1 amide bonds. The van der Waals surface area contributed by atoms with Gasteiger partial charge in [-0.15, -0.1) is 0 Å². The second-order valence-corrected chi connectivity index (χ2v) is 4.55. The van der Waals surface area contributed by atoms with Crippen molar-refractivity contribution in [2.45, 2.75) is 0 Å². The number of para-hydroxylation sites is 1. The average Bonchev–Trinajstić information content (AvgIpc) is 2.49. The Kier molecular flexibility index (Phi) is 4.08. The SMILES string of the molecule is N#Cc1ccc(NC(=O)c2cccc(Cl)c2N)cc1C#N. The van der Waals surface area contributed by atoms with Crippen molar-refractivity contribution in [3.05, 3.63) is 58.1 Å². The average molecular weight is 297 g/mol. The van der Waals surface area contributed by atoms with E-state index in [0.717, 1.165) is 0 Å². The minimum absolute atomic E-state index is 0.186. The lowest BCUT2D eigenvalue weighted by Gasteiger charge is -2.09. The summed E-state index contributed by atoms with van der Waals surface area (Å²) in [6.07, 6.45) is 0. The van der Waals surface area contributed by atoms with Crippen molar-refractivity contribution in [3.63, 3.8) is 0 Å². The number of amides is 1. The number of rotatable bonds is 2. The molecule has 0 bridgehead atoms. The van der Waals surface area contributed by atoms with E-state index in [4.69, 9.17) is 27.9 Å². The van der Waals surface area contributed by atoms with Crippen molar-refractivity contribution < 1.29 is 4.79 Å². The predicted octanol–water partition coefficient (Wildman–Crippen LogP) is 2.92. The number of nitrogens with zero attached hydrogens (tertiary/aromatic N) is 2. The Hall–Kier alpha value is -3.02. The van der Waals surface area contributed by atoms with Crippen LogP contribution in [0.1, 0.15) is 21.5 Å². The first-order valence-electron chi connectivity index (χ1n) is 5.86. The molecule has 2 aromatic rings. The lowest BCUT2D eigenvalue weighted by molar-refractivity contribution is 0.102. The number of halogens is 1. The van der Waals surface area contributed by atoms with Crippen molar-refractivity contribution >= 4 is 28.9 Å². The van der Waals surface area contributed by atoms with Gasteiger partial charge < -0.3 is 11.1 Å². The molecule has 0 aliphatic carbocycles. The Morgan fingerprint density at radius 3 is 2.52 bits per heavy atom. The molecule has 0 aromatic heterocycles. The molecular weight excluding hydrogens is 288 g/mol. The van der Waals surface area contributed by atoms with Crippen molar-refractivity contribution in [2.24, 2.45) is 0 Å². The molecule has 102 valence electrons. The second-order valence-electron chi connectivity index (χ2n) is 4.14. The summed E-state index contributed by atoms with van der Waals surface area (Å²) >= 11 is 5.86. The molecule has 6 heteroatoms. The van der Waals surface area contributed by atoms with Crippen LogP contribution in [0.4, 0.5) is 11.4 Å². The Morgan fingerprint density at radius 1 is 1.14 bits per heavy atom. The van der Waals surface area contributed by atoms with Gasteiger partial charge in [0, 0.05) is 5.69 Å². The first-order chi connectivity index (χ1) is 10.1. The van der Waals surface area contributed by atoms with Gasteiger partial charge >= 0.3 is 0 Å². The molecule has 0 aliphatic rings. The summed E-state index contributed by atoms with van der Waals surface area (Å²) in [5.74, 6) is -0.441. The summed E-state index contributed by atoms with van der Waals surface area (Å²) < 4.78 is 0. The largest absolute Gasteiger partial charge is 0.397 e. The van der Waals surface area contributed by atoms with Gasteiger partial charge in [-0.2, -0.15) is 10.5 Å². The van der Waals surface area contributed by atoms with Gasteiger partial charge in [0.15, 0.2) is 0 Å². The van der Waals surface area contributed by atoms with Crippen LogP contribution in [0, 0.1) is 22.7 Å². The number of nitrogen functional groups attached to an aromatic ring is 1. The molecule has 0 saturated heterocycles. The van der Waals surface area contributed by atoms with Crippen LogP contribution in [0.25, 0.3) is 0 Å². The second kappa shape index (κ2) is 5.96. The van der Waals surface area contributed by atoms with E-state index in [1.54, 1.807) is 18.2 Å². The number of nitrogens with two attached hydrogens (primary N) is 1. The van der Waals surface area contributed by atoms with Crippen LogP contribution in [0.3, 0.4) is 0 Å². The van der Waals surface area contributed by atoms with Crippen LogP contribution in [0.5, 0.6) is 0 Å². The van der Waals surface area contributed by atoms with Gasteiger partial charge in [-0.3, -0.25) is 4.79 Å². The van der Waals surface area contributed by atoms with Crippen LogP contribution in [-0.2, 0) is 0 Å². The zero-order valence-electron chi connectivity index (χ0n) is 10.7. The molecule has 0 radical (unpaired) electrons. The van der Waals surface area contributed by atoms with Crippen LogP contribution < -0.4 is 11.1 Å². The maximum Gasteiger partial charge on any atom is 0.257 e. The summed E-state index contributed by atoms with van der Waals surface area (Å²) in [5.41, 5.74) is 7.01. The van der Waals surface area contributed by atoms with Crippen molar-refractivity contribution in [3.8, 4) is 12.1 Å². The molecule has 0 unspecified atom stereocenters. The number of carbonyl (C=O) groups is 1. The molecule has 21 heavy (non-hydrogen) atoms. The van der Waals surface area contributed by atoms with Gasteiger partial charge in [-0.1, -0.05) is 17.7 Å². The van der Waals surface area contributed by atoms with Gasteiger partial charge in [0.2, 0.25) is 0 Å². The fourth-order valence-corrected chi connectivity index (χ4v) is 1.92. The van der Waals surface area contributed by atoms with Crippen molar-refractivity contribution in [1.82, 2.24) is 0 Å². The summed E-state index contributed by atoms with van der Waals surface area (Å²) in [6, 6.07) is 13.0. The molecule has 0 saturated carbocycles. The molecule has 0 heterocycles. The normalized spacial score (nSPS) is 9.48. The highest BCUT2D eigenvalue weighted by molar-refractivity contribution is 6.34. The number of benzene rings is 2. The van der Waals surface area contributed by atoms with E-state index in [-0.39, 0.29) is 22.4 Å². The van der Waals surface area contributed by atoms with E-state index in [9.17, 15) is 4.79 Å². The third-order valence-electron chi connectivity index (χ3n) is 2.82. The quantitative estimate of drug-likeness (QED) is 0.831. The minimum Gasteiger partial charge on any atom is -0.397 e. The smallest absolute Gasteiger partial charge is 0.257 e. The number of hydrogen-bond donors (Lipinski definition) is 2. The molecule has 0 fully saturated rings. The molecule has 0 aliphatic heterocycles. The Balaban J connectivity index is 2.31. The molecule has 2 aromatic carbocycles. The van der Waals surface area contributed by atoms with Crippen LogP contribution >= 0.6 is 11.6 Å². The lowest BCUT2D eigenvalue weighted by Crippen LogP contribution is -2.14. The maximum absolute atomic E-state index is 12.1. The summed E-state index contributed by atoms with van der Waals surface area (Å²) in [4.78, 5) is 12.1. The van der Waals surface area contributed by atoms with Crippen LogP contribution in [0.2, 0.25) is 5.02 Å². The number of carbonyl (C=O) groups excluding carboxylic acids is 1. The maximum atomic E-state index is 12.1. The Labute approximate surface area is 126 Å². The lowest BCUT2D eigenvalue weighted by atomic mass is 10.1. The zero-order valence-corrected chi connectivity index (χ0v) is 11.5. The Bertz CT molecular complexity index is 802. The van der Waals surface area contributed by atoms with Gasteiger partial charge in [-0.05, 0) is 30.3 Å². The van der Waals surface area contributed by atoms with E-state index >= 15 is 0 Å². The predicted molar refractivity (Wildman–Crippen MR) is 79.7 cm³/mol. The van der Waals surface area contributed by atoms with E-state index in [0.29, 0.717) is 10.7 Å². The van der Waals surface area contributed by atoms with E-state index in [1.807, 2.05) is 12.1 Å². The standard InChI is InChI=1S/C15H9ClN4O/c16-13-3-1-2-12(14(13)19)15(21)20-11-5-4-9(7-17)10(6-11)8-18/h1-6H,19H2,(H,20,21). The third kappa shape index (κ3) is 2.94. The van der Waals surface area contributed by atoms with Crippen molar-refractivity contribution in [1.29, 1.82) is 10.5 Å². The van der Waals surface area contributed by atoms with Gasteiger partial charge in [0.25, 0.3) is 5.91 Å². The highest BCUT2D eigenvalue weighted by Crippen LogP contribution is 2.23. The number of hydrogen-bond acceptors (Lipinski definition) is 4. The number of anilines is 2. The van der Waals surface area contributed by atoms with E-state index in [1.165, 1.54) is 18.2 Å². The van der Waals surface area contributed by atoms with Gasteiger partial charge in [0.05, 0.1) is 27.4 Å². The van der Waals surface area contributed by atoms with E-state index < -0.39 is 5.91 Å². The molecule has 0 spiro atoms. The fraction of sp³-hybridized carbons (Fsp3) is 0. The fourth-order valence-electron chi connectivity index (χ4n) is 1.75. The Morgan fingerprint density at radius 2 is 1.86 bits per heavy atom. The molecule has 5 nitrogen and oxygen atoms in total. The number of nitrogens with one attached hydrogen (secondary N) is 1. The van der Waals surface area contributed by atoms with Crippen LogP contribution in [-0.4, -0.2) is 5.91 Å². The highest BCUT2D eigenvalue weighted by Gasteiger charge is 2.12. The van der Waals surface area contributed by atoms with Crippen LogP contribution in [0.15, 0.2) is 36.4 Å². The van der Waals surface area contributed by atoms with Gasteiger partial charge in [-0.25, -0.2) is 0 Å². The van der Waals surface area contributed by atoms with Gasteiger partial charge in [0.1, 0.15) is 12.1 Å². The third-order valence-corrected chi connectivity index (χ3v) is 3.15. The monoisotopic (exact) mass is 296 g/mol. The number of nitriles is 2. The highest BCUT2D eigenvalue weighted by atomic mass is 35.5.